The van der Waals surface area contributed by atoms with Crippen LogP contribution in [0.4, 0.5) is 0 Å². The molecule has 1 aromatic heterocycles. The van der Waals surface area contributed by atoms with E-state index in [2.05, 4.69) is 0 Å². The minimum atomic E-state index is -1.03. The number of ether oxygens (including phenoxy) is 1. The van der Waals surface area contributed by atoms with Crippen molar-refractivity contribution in [2.75, 3.05) is 0 Å². The predicted molar refractivity (Wildman–Crippen MR) is 61.8 cm³/mol. The Morgan fingerprint density at radius 1 is 1.11 bits per heavy atom. The number of furan rings is 1. The van der Waals surface area contributed by atoms with E-state index in [4.69, 9.17) is 14.3 Å². The number of aryl methyl sites for hydroxylation is 1. The highest BCUT2D eigenvalue weighted by atomic mass is 16.5. The lowest BCUT2D eigenvalue weighted by molar-refractivity contribution is 0.0694. The van der Waals surface area contributed by atoms with Crippen LogP contribution in [0.25, 0.3) is 0 Å². The van der Waals surface area contributed by atoms with Crippen LogP contribution in [-0.2, 0) is 0 Å². The Morgan fingerprint density at radius 3 is 2.28 bits per heavy atom. The number of esters is 1. The second-order valence-electron chi connectivity index (χ2n) is 3.63. The first-order valence-electron chi connectivity index (χ1n) is 5.18. The van der Waals surface area contributed by atoms with Gasteiger partial charge >= 0.3 is 11.9 Å². The molecule has 5 nitrogen and oxygen atoms in total. The van der Waals surface area contributed by atoms with Gasteiger partial charge in [0.1, 0.15) is 11.5 Å². The van der Waals surface area contributed by atoms with Crippen LogP contribution in [-0.4, -0.2) is 17.0 Å². The van der Waals surface area contributed by atoms with Crippen LogP contribution in [0, 0.1) is 6.92 Å². The van der Waals surface area contributed by atoms with Crippen molar-refractivity contribution in [1.82, 2.24) is 0 Å². The fourth-order valence-corrected chi connectivity index (χ4v) is 1.37. The van der Waals surface area contributed by atoms with Crippen molar-refractivity contribution in [1.29, 1.82) is 0 Å². The van der Waals surface area contributed by atoms with Crippen LogP contribution in [0.3, 0.4) is 0 Å². The first-order chi connectivity index (χ1) is 8.56. The van der Waals surface area contributed by atoms with Gasteiger partial charge in [-0.05, 0) is 43.3 Å². The zero-order valence-electron chi connectivity index (χ0n) is 9.54. The quantitative estimate of drug-likeness (QED) is 0.665. The largest absolute Gasteiger partial charge is 0.478 e. The van der Waals surface area contributed by atoms with Gasteiger partial charge in [-0.15, -0.1) is 0 Å². The van der Waals surface area contributed by atoms with Crippen molar-refractivity contribution in [3.8, 4) is 5.75 Å². The van der Waals surface area contributed by atoms with E-state index in [0.717, 1.165) is 0 Å². The molecule has 0 amide bonds. The molecular formula is C13H10O5. The smallest absolute Gasteiger partial charge is 0.379 e. The number of carboxylic acid groups (broad SMARTS) is 1. The first-order valence-corrected chi connectivity index (χ1v) is 5.18. The topological polar surface area (TPSA) is 76.7 Å². The summed E-state index contributed by atoms with van der Waals surface area (Å²) in [7, 11) is 0. The first kappa shape index (κ1) is 11.9. The fraction of sp³-hybridized carbons (Fsp3) is 0.0769. The maximum atomic E-state index is 11.6. The van der Waals surface area contributed by atoms with E-state index in [1.165, 1.54) is 30.3 Å². The number of carboxylic acids is 1. The van der Waals surface area contributed by atoms with E-state index in [0.29, 0.717) is 5.76 Å². The molecule has 1 heterocycles. The van der Waals surface area contributed by atoms with Crippen LogP contribution in [0.5, 0.6) is 5.75 Å². The van der Waals surface area contributed by atoms with Gasteiger partial charge in [0.05, 0.1) is 5.56 Å². The van der Waals surface area contributed by atoms with Crippen molar-refractivity contribution >= 4 is 11.9 Å². The molecule has 2 aromatic rings. The van der Waals surface area contributed by atoms with Gasteiger partial charge in [-0.1, -0.05) is 0 Å². The van der Waals surface area contributed by atoms with Crippen LogP contribution in [0.15, 0.2) is 40.8 Å². The number of rotatable bonds is 3. The lowest BCUT2D eigenvalue weighted by atomic mass is 10.2. The molecule has 0 radical (unpaired) electrons. The molecule has 0 spiro atoms. The normalized spacial score (nSPS) is 10.1. The molecule has 0 saturated carbocycles. The Labute approximate surface area is 103 Å². The van der Waals surface area contributed by atoms with Crippen molar-refractivity contribution < 1.29 is 23.8 Å². The van der Waals surface area contributed by atoms with Gasteiger partial charge in [-0.25, -0.2) is 9.59 Å². The standard InChI is InChI=1S/C13H10O5/c1-8-2-7-11(17-8)13(16)18-10-5-3-9(4-6-10)12(14)15/h2-7H,1H3,(H,14,15). The van der Waals surface area contributed by atoms with Gasteiger partial charge in [0, 0.05) is 0 Å². The molecule has 18 heavy (non-hydrogen) atoms. The second kappa shape index (κ2) is 4.75. The number of carbonyl (C=O) groups is 2. The van der Waals surface area contributed by atoms with E-state index in [9.17, 15) is 9.59 Å². The summed E-state index contributed by atoms with van der Waals surface area (Å²) in [6, 6.07) is 8.72. The van der Waals surface area contributed by atoms with Crippen LogP contribution in [0.1, 0.15) is 26.7 Å². The van der Waals surface area contributed by atoms with Crippen molar-refractivity contribution in [3.05, 3.63) is 53.5 Å². The molecule has 0 unspecified atom stereocenters. The maximum absolute atomic E-state index is 11.6. The molecule has 92 valence electrons. The summed E-state index contributed by atoms with van der Waals surface area (Å²) in [5, 5.41) is 8.72. The molecule has 0 aliphatic rings. The van der Waals surface area contributed by atoms with Crippen LogP contribution in [0.2, 0.25) is 0 Å². The Balaban J connectivity index is 2.10. The van der Waals surface area contributed by atoms with Gasteiger partial charge in [0.2, 0.25) is 5.76 Å². The Bertz CT molecular complexity index is 580. The molecule has 1 aromatic carbocycles. The maximum Gasteiger partial charge on any atom is 0.379 e. The highest BCUT2D eigenvalue weighted by molar-refractivity contribution is 5.89. The second-order valence-corrected chi connectivity index (χ2v) is 3.63. The number of benzene rings is 1. The van der Waals surface area contributed by atoms with Crippen LogP contribution >= 0.6 is 0 Å². The summed E-state index contributed by atoms with van der Waals surface area (Å²) < 4.78 is 10.1. The molecule has 0 bridgehead atoms. The minimum absolute atomic E-state index is 0.106. The monoisotopic (exact) mass is 246 g/mol. The molecule has 0 atom stereocenters. The third kappa shape index (κ3) is 2.57. The molecular weight excluding hydrogens is 236 g/mol. The summed E-state index contributed by atoms with van der Waals surface area (Å²) in [4.78, 5) is 22.2. The number of carbonyl (C=O) groups excluding carboxylic acids is 1. The zero-order valence-corrected chi connectivity index (χ0v) is 9.54. The van der Waals surface area contributed by atoms with Gasteiger partial charge in [-0.2, -0.15) is 0 Å². The molecule has 0 fully saturated rings. The number of hydrogen-bond acceptors (Lipinski definition) is 4. The lowest BCUT2D eigenvalue weighted by Gasteiger charge is -2.02. The molecule has 1 N–H and O–H groups in total. The van der Waals surface area contributed by atoms with Crippen molar-refractivity contribution in [2.45, 2.75) is 6.92 Å². The SMILES string of the molecule is Cc1ccc(C(=O)Oc2ccc(C(=O)O)cc2)o1. The highest BCUT2D eigenvalue weighted by Crippen LogP contribution is 2.15. The van der Waals surface area contributed by atoms with E-state index < -0.39 is 11.9 Å². The predicted octanol–water partition coefficient (Wildman–Crippen LogP) is 2.51. The van der Waals surface area contributed by atoms with Crippen LogP contribution < -0.4 is 4.74 Å². The van der Waals surface area contributed by atoms with E-state index >= 15 is 0 Å². The molecule has 0 aliphatic heterocycles. The van der Waals surface area contributed by atoms with Gasteiger partial charge < -0.3 is 14.3 Å². The van der Waals surface area contributed by atoms with Crippen molar-refractivity contribution in [2.24, 2.45) is 0 Å². The average molecular weight is 246 g/mol. The fourth-order valence-electron chi connectivity index (χ4n) is 1.37. The van der Waals surface area contributed by atoms with E-state index in [1.54, 1.807) is 13.0 Å². The lowest BCUT2D eigenvalue weighted by Crippen LogP contribution is -2.07. The summed E-state index contributed by atoms with van der Waals surface area (Å²) >= 11 is 0. The number of aromatic carboxylic acids is 1. The molecule has 2 rings (SSSR count). The van der Waals surface area contributed by atoms with E-state index in [-0.39, 0.29) is 17.1 Å². The van der Waals surface area contributed by atoms with Gasteiger partial charge in [-0.3, -0.25) is 0 Å². The summed E-state index contributed by atoms with van der Waals surface area (Å²) in [6.45, 7) is 1.72. The minimum Gasteiger partial charge on any atom is -0.478 e. The molecule has 0 aliphatic carbocycles. The Kier molecular flexibility index (Phi) is 3.14. The van der Waals surface area contributed by atoms with Gasteiger partial charge in [0.25, 0.3) is 0 Å². The summed E-state index contributed by atoms with van der Waals surface area (Å²) in [5.74, 6) is -0.669. The van der Waals surface area contributed by atoms with E-state index in [1.807, 2.05) is 0 Å². The molecule has 5 heteroatoms. The molecule has 0 saturated heterocycles. The summed E-state index contributed by atoms with van der Waals surface area (Å²) in [6.07, 6.45) is 0. The Morgan fingerprint density at radius 2 is 1.78 bits per heavy atom. The average Bonchev–Trinajstić information content (AvgIpc) is 2.76. The highest BCUT2D eigenvalue weighted by Gasteiger charge is 2.13. The third-order valence-corrected chi connectivity index (χ3v) is 2.25. The number of hydrogen-bond donors (Lipinski definition) is 1. The Hall–Kier alpha value is -2.56. The zero-order chi connectivity index (χ0) is 13.1. The summed E-state index contributed by atoms with van der Waals surface area (Å²) in [5.41, 5.74) is 0.128. The van der Waals surface area contributed by atoms with Crippen molar-refractivity contribution in [3.63, 3.8) is 0 Å². The third-order valence-electron chi connectivity index (χ3n) is 2.25. The van der Waals surface area contributed by atoms with Gasteiger partial charge in [0.15, 0.2) is 0 Å².